The van der Waals surface area contributed by atoms with Crippen LogP contribution in [0, 0.1) is 0 Å². The van der Waals surface area contributed by atoms with Gasteiger partial charge in [0.2, 0.25) is 10.0 Å². The molecule has 0 spiro atoms. The summed E-state index contributed by atoms with van der Waals surface area (Å²) < 4.78 is 43.8. The molecule has 2 aliphatic heterocycles. The second-order valence-electron chi connectivity index (χ2n) is 7.28. The highest BCUT2D eigenvalue weighted by molar-refractivity contribution is 7.93. The lowest BCUT2D eigenvalue weighted by molar-refractivity contribution is 0.256. The first-order valence-corrected chi connectivity index (χ1v) is 11.0. The van der Waals surface area contributed by atoms with Gasteiger partial charge < -0.3 is 19.5 Å². The van der Waals surface area contributed by atoms with Gasteiger partial charge in [-0.3, -0.25) is 4.72 Å². The quantitative estimate of drug-likeness (QED) is 0.779. The van der Waals surface area contributed by atoms with Crippen LogP contribution in [0.3, 0.4) is 0 Å². The number of ether oxygens (including phenoxy) is 3. The van der Waals surface area contributed by atoms with Gasteiger partial charge in [0.05, 0.1) is 29.7 Å². The number of benzene rings is 2. The van der Waals surface area contributed by atoms with Crippen LogP contribution in [0.25, 0.3) is 0 Å². The average molecular weight is 415 g/mol. The maximum Gasteiger partial charge on any atom is 0.290 e. The molecule has 3 aliphatic rings. The third kappa shape index (κ3) is 3.46. The highest BCUT2D eigenvalue weighted by Crippen LogP contribution is 2.39. The van der Waals surface area contributed by atoms with Crippen molar-refractivity contribution in [3.8, 4) is 11.5 Å². The number of hydrogen-bond acceptors (Lipinski definition) is 7. The van der Waals surface area contributed by atoms with Crippen LogP contribution in [0.2, 0.25) is 0 Å². The Morgan fingerprint density at radius 2 is 2.03 bits per heavy atom. The van der Waals surface area contributed by atoms with Gasteiger partial charge in [0.1, 0.15) is 24.7 Å². The molecule has 2 heterocycles. The van der Waals surface area contributed by atoms with E-state index >= 15 is 0 Å². The van der Waals surface area contributed by atoms with Gasteiger partial charge in [-0.15, -0.1) is 0 Å². The molecule has 2 aromatic carbocycles. The van der Waals surface area contributed by atoms with Gasteiger partial charge in [-0.25, -0.2) is 8.42 Å². The summed E-state index contributed by atoms with van der Waals surface area (Å²) in [6.07, 6.45) is 1.45. The van der Waals surface area contributed by atoms with Crippen LogP contribution in [0.15, 0.2) is 41.4 Å². The number of methoxy groups -OCH3 is 1. The van der Waals surface area contributed by atoms with Crippen molar-refractivity contribution in [3.05, 3.63) is 47.5 Å². The third-order valence-corrected chi connectivity index (χ3v) is 7.06. The van der Waals surface area contributed by atoms with E-state index in [-0.39, 0.29) is 11.3 Å². The number of anilines is 1. The zero-order valence-electron chi connectivity index (χ0n) is 15.8. The van der Waals surface area contributed by atoms with Crippen molar-refractivity contribution >= 4 is 27.4 Å². The minimum atomic E-state index is -3.29. The van der Waals surface area contributed by atoms with Crippen molar-refractivity contribution in [1.82, 2.24) is 5.32 Å². The first-order chi connectivity index (χ1) is 14.0. The molecule has 152 valence electrons. The fraction of sp³-hybridized carbons (Fsp3) is 0.350. The molecular formula is C20H21N3O5S. The molecule has 2 aromatic rings. The highest BCUT2D eigenvalue weighted by Gasteiger charge is 2.36. The van der Waals surface area contributed by atoms with Crippen LogP contribution in [-0.2, 0) is 21.4 Å². The molecule has 0 radical (unpaired) electrons. The largest absolute Gasteiger partial charge is 0.496 e. The lowest BCUT2D eigenvalue weighted by atomic mass is 10.1. The molecule has 8 nitrogen and oxygen atoms in total. The Morgan fingerprint density at radius 1 is 1.17 bits per heavy atom. The summed E-state index contributed by atoms with van der Waals surface area (Å²) in [5.41, 5.74) is 3.05. The summed E-state index contributed by atoms with van der Waals surface area (Å²) in [6, 6.07) is 11.2. The van der Waals surface area contributed by atoms with E-state index in [0.717, 1.165) is 41.2 Å². The number of nitrogens with zero attached hydrogens (tertiary/aromatic N) is 1. The summed E-state index contributed by atoms with van der Waals surface area (Å²) in [5, 5.41) is 3.01. The van der Waals surface area contributed by atoms with Crippen molar-refractivity contribution in [1.29, 1.82) is 0 Å². The fourth-order valence-corrected chi connectivity index (χ4v) is 4.93. The molecule has 9 heteroatoms. The molecule has 1 aliphatic carbocycles. The Bertz CT molecular complexity index is 1100. The molecule has 1 atom stereocenters. The molecule has 0 amide bonds. The summed E-state index contributed by atoms with van der Waals surface area (Å²) in [5.74, 6) is 1.54. The normalized spacial score (nSPS) is 19.9. The predicted molar refractivity (Wildman–Crippen MR) is 108 cm³/mol. The van der Waals surface area contributed by atoms with Crippen molar-refractivity contribution in [3.63, 3.8) is 0 Å². The zero-order valence-corrected chi connectivity index (χ0v) is 16.7. The molecule has 0 aromatic heterocycles. The van der Waals surface area contributed by atoms with E-state index in [1.165, 1.54) is 0 Å². The standard InChI is InChI=1S/C20H21N3O5S/c1-26-17-3-2-4-18-19(17)16(11-27-18)22-20-21-15-8-5-13(9-12(15)10-28-20)23-29(24,25)14-6-7-14/h2-5,8-9,14,16,23H,6-7,10-11H2,1H3,(H,21,22). The number of nitrogens with one attached hydrogen (secondary N) is 2. The van der Waals surface area contributed by atoms with E-state index in [4.69, 9.17) is 14.2 Å². The summed E-state index contributed by atoms with van der Waals surface area (Å²) in [7, 11) is -1.66. The second kappa shape index (κ2) is 6.84. The lowest BCUT2D eigenvalue weighted by Crippen LogP contribution is -2.32. The maximum atomic E-state index is 12.1. The second-order valence-corrected chi connectivity index (χ2v) is 9.24. The molecule has 29 heavy (non-hydrogen) atoms. The molecule has 1 saturated carbocycles. The number of sulfonamides is 1. The lowest BCUT2D eigenvalue weighted by Gasteiger charge is -2.21. The smallest absolute Gasteiger partial charge is 0.290 e. The molecule has 2 N–H and O–H groups in total. The maximum absolute atomic E-state index is 12.1. The monoisotopic (exact) mass is 415 g/mol. The Hall–Kier alpha value is -2.94. The van der Waals surface area contributed by atoms with Crippen LogP contribution in [0.4, 0.5) is 11.4 Å². The van der Waals surface area contributed by atoms with E-state index in [1.807, 2.05) is 18.2 Å². The Balaban J connectivity index is 1.34. The van der Waals surface area contributed by atoms with Crippen molar-refractivity contribution in [2.45, 2.75) is 30.7 Å². The summed E-state index contributed by atoms with van der Waals surface area (Å²) in [4.78, 5) is 4.53. The fourth-order valence-electron chi connectivity index (χ4n) is 3.55. The average Bonchev–Trinajstić information content (AvgIpc) is 3.51. The SMILES string of the molecule is COc1cccc2c1C(NC1=Nc3ccc(NS(=O)(=O)C4CC4)cc3CO1)CO2. The van der Waals surface area contributed by atoms with Crippen LogP contribution in [0.5, 0.6) is 11.5 Å². The number of amidine groups is 1. The van der Waals surface area contributed by atoms with Crippen molar-refractivity contribution in [2.24, 2.45) is 4.99 Å². The number of fused-ring (bicyclic) bond motifs is 2. The zero-order chi connectivity index (χ0) is 20.0. The number of rotatable bonds is 5. The van der Waals surface area contributed by atoms with E-state index in [0.29, 0.717) is 24.9 Å². The Morgan fingerprint density at radius 3 is 2.83 bits per heavy atom. The molecular weight excluding hydrogens is 394 g/mol. The van der Waals surface area contributed by atoms with E-state index in [1.54, 1.807) is 25.3 Å². The van der Waals surface area contributed by atoms with Crippen LogP contribution < -0.4 is 19.5 Å². The van der Waals surface area contributed by atoms with Crippen LogP contribution >= 0.6 is 0 Å². The van der Waals surface area contributed by atoms with Crippen molar-refractivity contribution < 1.29 is 22.6 Å². The Kier molecular flexibility index (Phi) is 4.27. The first kappa shape index (κ1) is 18.1. The third-order valence-electron chi connectivity index (χ3n) is 5.19. The molecule has 0 saturated heterocycles. The van der Waals surface area contributed by atoms with Gasteiger partial charge >= 0.3 is 0 Å². The number of aliphatic imine (C=N–C) groups is 1. The van der Waals surface area contributed by atoms with Crippen LogP contribution in [0.1, 0.15) is 30.0 Å². The molecule has 1 unspecified atom stereocenters. The predicted octanol–water partition coefficient (Wildman–Crippen LogP) is 2.84. The molecule has 5 rings (SSSR count). The van der Waals surface area contributed by atoms with Gasteiger partial charge in [0.25, 0.3) is 6.02 Å². The first-order valence-electron chi connectivity index (χ1n) is 9.46. The van der Waals surface area contributed by atoms with Gasteiger partial charge in [-0.2, -0.15) is 4.99 Å². The van der Waals surface area contributed by atoms with Crippen molar-refractivity contribution in [2.75, 3.05) is 18.4 Å². The Labute approximate surface area is 168 Å². The van der Waals surface area contributed by atoms with E-state index in [9.17, 15) is 8.42 Å². The van der Waals surface area contributed by atoms with E-state index in [2.05, 4.69) is 15.0 Å². The molecule has 0 bridgehead atoms. The summed E-state index contributed by atoms with van der Waals surface area (Å²) in [6.45, 7) is 0.749. The van der Waals surface area contributed by atoms with E-state index < -0.39 is 10.0 Å². The minimum Gasteiger partial charge on any atom is -0.496 e. The van der Waals surface area contributed by atoms with Gasteiger partial charge in [0, 0.05) is 11.3 Å². The van der Waals surface area contributed by atoms with Gasteiger partial charge in [-0.05, 0) is 43.2 Å². The highest BCUT2D eigenvalue weighted by atomic mass is 32.2. The number of hydrogen-bond donors (Lipinski definition) is 2. The van der Waals surface area contributed by atoms with Gasteiger partial charge in [0.15, 0.2) is 0 Å². The van der Waals surface area contributed by atoms with Crippen LogP contribution in [-0.4, -0.2) is 33.4 Å². The minimum absolute atomic E-state index is 0.133. The topological polar surface area (TPSA) is 98.2 Å². The molecule has 1 fully saturated rings. The van der Waals surface area contributed by atoms with Gasteiger partial charge in [-0.1, -0.05) is 6.07 Å². The summed E-state index contributed by atoms with van der Waals surface area (Å²) >= 11 is 0.